The van der Waals surface area contributed by atoms with Gasteiger partial charge in [0, 0.05) is 29.9 Å². The van der Waals surface area contributed by atoms with Gasteiger partial charge in [-0.25, -0.2) is 4.98 Å². The Bertz CT molecular complexity index is 665. The topological polar surface area (TPSA) is 37.8 Å². The van der Waals surface area contributed by atoms with Crippen molar-refractivity contribution in [1.82, 2.24) is 15.3 Å². The lowest BCUT2D eigenvalue weighted by molar-refractivity contribution is 0.683. The van der Waals surface area contributed by atoms with Gasteiger partial charge in [-0.3, -0.25) is 4.98 Å². The fourth-order valence-corrected chi connectivity index (χ4v) is 2.88. The average Bonchev–Trinajstić information content (AvgIpc) is 3.02. The Balaban J connectivity index is 1.49. The maximum atomic E-state index is 4.67. The SMILES string of the molecule is c1ccc(-c2csc(CNCCc3cccnc3)n2)cc1. The van der Waals surface area contributed by atoms with Gasteiger partial charge in [0.2, 0.25) is 0 Å². The minimum absolute atomic E-state index is 0.817. The van der Waals surface area contributed by atoms with Crippen molar-refractivity contribution >= 4 is 11.3 Å². The van der Waals surface area contributed by atoms with Gasteiger partial charge < -0.3 is 5.32 Å². The van der Waals surface area contributed by atoms with E-state index in [2.05, 4.69) is 38.9 Å². The molecule has 3 rings (SSSR count). The molecule has 106 valence electrons. The van der Waals surface area contributed by atoms with Gasteiger partial charge >= 0.3 is 0 Å². The Morgan fingerprint density at radius 1 is 1.05 bits per heavy atom. The number of hydrogen-bond donors (Lipinski definition) is 1. The Hall–Kier alpha value is -2.04. The summed E-state index contributed by atoms with van der Waals surface area (Å²) in [6.07, 6.45) is 4.71. The summed E-state index contributed by atoms with van der Waals surface area (Å²) in [5.74, 6) is 0. The Kier molecular flexibility index (Phi) is 4.71. The van der Waals surface area contributed by atoms with E-state index in [1.807, 2.05) is 30.5 Å². The highest BCUT2D eigenvalue weighted by molar-refractivity contribution is 7.09. The van der Waals surface area contributed by atoms with E-state index in [0.29, 0.717) is 0 Å². The summed E-state index contributed by atoms with van der Waals surface area (Å²) in [4.78, 5) is 8.79. The van der Waals surface area contributed by atoms with Crippen LogP contribution in [0.5, 0.6) is 0 Å². The van der Waals surface area contributed by atoms with Gasteiger partial charge in [0.1, 0.15) is 5.01 Å². The number of aromatic nitrogens is 2. The average molecular weight is 295 g/mol. The molecule has 21 heavy (non-hydrogen) atoms. The van der Waals surface area contributed by atoms with Crippen LogP contribution in [0.25, 0.3) is 11.3 Å². The molecule has 1 N–H and O–H groups in total. The lowest BCUT2D eigenvalue weighted by Crippen LogP contribution is -2.16. The molecule has 0 unspecified atom stereocenters. The Morgan fingerprint density at radius 2 is 1.95 bits per heavy atom. The molecular formula is C17H17N3S. The van der Waals surface area contributed by atoms with Crippen molar-refractivity contribution in [2.24, 2.45) is 0 Å². The molecule has 0 aliphatic carbocycles. The molecule has 0 bridgehead atoms. The second kappa shape index (κ2) is 7.11. The second-order valence-corrected chi connectivity index (χ2v) is 5.72. The molecule has 0 atom stereocenters. The van der Waals surface area contributed by atoms with Crippen molar-refractivity contribution < 1.29 is 0 Å². The van der Waals surface area contributed by atoms with E-state index in [0.717, 1.165) is 30.2 Å². The summed E-state index contributed by atoms with van der Waals surface area (Å²) >= 11 is 1.70. The predicted molar refractivity (Wildman–Crippen MR) is 87.2 cm³/mol. The van der Waals surface area contributed by atoms with Crippen LogP contribution in [-0.2, 0) is 13.0 Å². The smallest absolute Gasteiger partial charge is 0.107 e. The molecule has 0 amide bonds. The molecule has 2 aromatic heterocycles. The monoisotopic (exact) mass is 295 g/mol. The van der Waals surface area contributed by atoms with Crippen molar-refractivity contribution in [3.05, 3.63) is 70.8 Å². The molecule has 0 radical (unpaired) electrons. The van der Waals surface area contributed by atoms with Gasteiger partial charge in [-0.2, -0.15) is 0 Å². The van der Waals surface area contributed by atoms with Crippen LogP contribution in [0.3, 0.4) is 0 Å². The largest absolute Gasteiger partial charge is 0.310 e. The van der Waals surface area contributed by atoms with E-state index < -0.39 is 0 Å². The van der Waals surface area contributed by atoms with E-state index in [-0.39, 0.29) is 0 Å². The van der Waals surface area contributed by atoms with Gasteiger partial charge in [-0.05, 0) is 24.6 Å². The maximum Gasteiger partial charge on any atom is 0.107 e. The normalized spacial score (nSPS) is 10.7. The summed E-state index contributed by atoms with van der Waals surface area (Å²) in [5.41, 5.74) is 3.49. The third-order valence-electron chi connectivity index (χ3n) is 3.21. The summed E-state index contributed by atoms with van der Waals surface area (Å²) in [5, 5.41) is 6.68. The zero-order valence-corrected chi connectivity index (χ0v) is 12.5. The fourth-order valence-electron chi connectivity index (χ4n) is 2.11. The molecule has 3 aromatic rings. The van der Waals surface area contributed by atoms with Gasteiger partial charge in [0.15, 0.2) is 0 Å². The van der Waals surface area contributed by atoms with Crippen LogP contribution in [0, 0.1) is 0 Å². The number of thiazole rings is 1. The zero-order valence-electron chi connectivity index (χ0n) is 11.7. The summed E-state index contributed by atoms with van der Waals surface area (Å²) < 4.78 is 0. The highest BCUT2D eigenvalue weighted by Crippen LogP contribution is 2.21. The third kappa shape index (κ3) is 3.97. The first-order chi connectivity index (χ1) is 10.4. The van der Waals surface area contributed by atoms with Crippen LogP contribution < -0.4 is 5.32 Å². The number of rotatable bonds is 6. The first kappa shape index (κ1) is 13.9. The van der Waals surface area contributed by atoms with Crippen LogP contribution >= 0.6 is 11.3 Å². The van der Waals surface area contributed by atoms with Gasteiger partial charge in [0.25, 0.3) is 0 Å². The zero-order chi connectivity index (χ0) is 14.3. The molecule has 0 aliphatic heterocycles. The highest BCUT2D eigenvalue weighted by Gasteiger charge is 2.03. The Labute approximate surface area is 128 Å². The van der Waals surface area contributed by atoms with Crippen molar-refractivity contribution in [2.45, 2.75) is 13.0 Å². The quantitative estimate of drug-likeness (QED) is 0.707. The molecule has 2 heterocycles. The van der Waals surface area contributed by atoms with Crippen molar-refractivity contribution in [1.29, 1.82) is 0 Å². The van der Waals surface area contributed by atoms with E-state index in [1.165, 1.54) is 11.1 Å². The van der Waals surface area contributed by atoms with Crippen LogP contribution in [0.1, 0.15) is 10.6 Å². The van der Waals surface area contributed by atoms with Gasteiger partial charge in [0.05, 0.1) is 5.69 Å². The van der Waals surface area contributed by atoms with E-state index in [4.69, 9.17) is 0 Å². The van der Waals surface area contributed by atoms with Gasteiger partial charge in [-0.15, -0.1) is 11.3 Å². The maximum absolute atomic E-state index is 4.67. The minimum Gasteiger partial charge on any atom is -0.310 e. The number of nitrogens with zero attached hydrogens (tertiary/aromatic N) is 2. The summed E-state index contributed by atoms with van der Waals surface area (Å²) in [7, 11) is 0. The second-order valence-electron chi connectivity index (χ2n) is 4.78. The highest BCUT2D eigenvalue weighted by atomic mass is 32.1. The molecule has 0 saturated heterocycles. The van der Waals surface area contributed by atoms with Crippen molar-refractivity contribution in [3.63, 3.8) is 0 Å². The molecule has 0 fully saturated rings. The minimum atomic E-state index is 0.817. The molecule has 4 heteroatoms. The first-order valence-electron chi connectivity index (χ1n) is 7.01. The number of benzene rings is 1. The third-order valence-corrected chi connectivity index (χ3v) is 4.06. The molecule has 0 spiro atoms. The van der Waals surface area contributed by atoms with E-state index in [9.17, 15) is 0 Å². The molecule has 0 saturated carbocycles. The van der Waals surface area contributed by atoms with Crippen LogP contribution in [0.2, 0.25) is 0 Å². The number of hydrogen-bond acceptors (Lipinski definition) is 4. The lowest BCUT2D eigenvalue weighted by atomic mass is 10.2. The predicted octanol–water partition coefficient (Wildman–Crippen LogP) is 3.54. The molecule has 3 nitrogen and oxygen atoms in total. The number of nitrogens with one attached hydrogen (secondary N) is 1. The van der Waals surface area contributed by atoms with E-state index in [1.54, 1.807) is 17.5 Å². The van der Waals surface area contributed by atoms with E-state index >= 15 is 0 Å². The number of pyridine rings is 1. The van der Waals surface area contributed by atoms with Crippen molar-refractivity contribution in [3.8, 4) is 11.3 Å². The summed E-state index contributed by atoms with van der Waals surface area (Å²) in [6.45, 7) is 1.75. The molecule has 0 aliphatic rings. The summed E-state index contributed by atoms with van der Waals surface area (Å²) in [6, 6.07) is 14.4. The molecule has 1 aromatic carbocycles. The van der Waals surface area contributed by atoms with Crippen LogP contribution in [0.4, 0.5) is 0 Å². The Morgan fingerprint density at radius 3 is 2.76 bits per heavy atom. The first-order valence-corrected chi connectivity index (χ1v) is 7.89. The standard InChI is InChI=1S/C17H17N3S/c1-2-6-15(7-3-1)16-13-21-17(20-16)12-19-10-8-14-5-4-9-18-11-14/h1-7,9,11,13,19H,8,10,12H2. The van der Waals surface area contributed by atoms with Crippen LogP contribution in [0.15, 0.2) is 60.2 Å². The fraction of sp³-hybridized carbons (Fsp3) is 0.176. The molecular weight excluding hydrogens is 278 g/mol. The van der Waals surface area contributed by atoms with Crippen LogP contribution in [-0.4, -0.2) is 16.5 Å². The van der Waals surface area contributed by atoms with Gasteiger partial charge in [-0.1, -0.05) is 36.4 Å². The lowest BCUT2D eigenvalue weighted by Gasteiger charge is -2.02. The van der Waals surface area contributed by atoms with Crippen molar-refractivity contribution in [2.75, 3.05) is 6.54 Å².